The van der Waals surface area contributed by atoms with E-state index in [1.807, 2.05) is 0 Å². The topological polar surface area (TPSA) is 20.2 Å². The lowest BCUT2D eigenvalue weighted by atomic mass is 9.81. The molecule has 2 aliphatic carbocycles. The number of allylic oxidation sites excluding steroid dienone is 2. The molecule has 1 unspecified atom stereocenters. The van der Waals surface area contributed by atoms with Crippen LogP contribution in [-0.2, 0) is 0 Å². The van der Waals surface area contributed by atoms with E-state index >= 15 is 0 Å². The highest BCUT2D eigenvalue weighted by atomic mass is 16.3. The highest BCUT2D eigenvalue weighted by Gasteiger charge is 2.20. The van der Waals surface area contributed by atoms with Crippen molar-refractivity contribution in [2.75, 3.05) is 0 Å². The van der Waals surface area contributed by atoms with E-state index < -0.39 is 0 Å². The Kier molecular flexibility index (Phi) is 4.25. The Labute approximate surface area is 93.6 Å². The Balaban J connectivity index is 1.63. The van der Waals surface area contributed by atoms with Gasteiger partial charge >= 0.3 is 0 Å². The second-order valence-electron chi connectivity index (χ2n) is 5.40. The van der Waals surface area contributed by atoms with Gasteiger partial charge in [0, 0.05) is 0 Å². The predicted octanol–water partition coefficient (Wildman–Crippen LogP) is 3.67. The van der Waals surface area contributed by atoms with Crippen LogP contribution in [0.25, 0.3) is 0 Å². The van der Waals surface area contributed by atoms with Crippen LogP contribution >= 0.6 is 0 Å². The molecule has 0 aromatic carbocycles. The summed E-state index contributed by atoms with van der Waals surface area (Å²) < 4.78 is 0. The lowest BCUT2D eigenvalue weighted by Gasteiger charge is -2.27. The van der Waals surface area contributed by atoms with Gasteiger partial charge in [0.25, 0.3) is 0 Å². The van der Waals surface area contributed by atoms with E-state index in [9.17, 15) is 5.11 Å². The van der Waals surface area contributed by atoms with Crippen LogP contribution in [-0.4, -0.2) is 11.2 Å². The van der Waals surface area contributed by atoms with Crippen LogP contribution in [0.2, 0.25) is 0 Å². The molecule has 0 bridgehead atoms. The first kappa shape index (κ1) is 11.2. The summed E-state index contributed by atoms with van der Waals surface area (Å²) >= 11 is 0. The molecule has 0 spiro atoms. The van der Waals surface area contributed by atoms with Crippen LogP contribution in [0, 0.1) is 11.8 Å². The van der Waals surface area contributed by atoms with E-state index in [1.54, 1.807) is 0 Å². The second-order valence-corrected chi connectivity index (χ2v) is 5.40. The van der Waals surface area contributed by atoms with E-state index in [1.165, 1.54) is 44.9 Å². The molecule has 1 heteroatoms. The first-order valence-electron chi connectivity index (χ1n) is 6.67. The molecular weight excluding hydrogens is 184 g/mol. The smallest absolute Gasteiger partial charge is 0.0540 e. The van der Waals surface area contributed by atoms with Crippen molar-refractivity contribution in [3.63, 3.8) is 0 Å². The zero-order chi connectivity index (χ0) is 10.5. The van der Waals surface area contributed by atoms with Crippen molar-refractivity contribution in [1.29, 1.82) is 0 Å². The number of hydrogen-bond acceptors (Lipinski definition) is 1. The third kappa shape index (κ3) is 3.64. The zero-order valence-electron chi connectivity index (χ0n) is 9.70. The summed E-state index contributed by atoms with van der Waals surface area (Å²) in [6, 6.07) is 0. The first-order chi connectivity index (χ1) is 7.34. The van der Waals surface area contributed by atoms with Crippen molar-refractivity contribution >= 4 is 0 Å². The second kappa shape index (κ2) is 5.69. The van der Waals surface area contributed by atoms with Crippen molar-refractivity contribution in [2.45, 2.75) is 63.9 Å². The molecule has 0 radical (unpaired) electrons. The fraction of sp³-hybridized carbons (Fsp3) is 0.857. The molecule has 86 valence electrons. The van der Waals surface area contributed by atoms with Gasteiger partial charge in [0.2, 0.25) is 0 Å². The van der Waals surface area contributed by atoms with Crippen LogP contribution in [0.5, 0.6) is 0 Å². The highest BCUT2D eigenvalue weighted by Crippen LogP contribution is 2.31. The molecule has 0 aliphatic heterocycles. The summed E-state index contributed by atoms with van der Waals surface area (Å²) in [5, 5.41) is 9.43. The summed E-state index contributed by atoms with van der Waals surface area (Å²) in [7, 11) is 0. The number of aliphatic hydroxyl groups excluding tert-OH is 1. The molecule has 15 heavy (non-hydrogen) atoms. The molecule has 0 amide bonds. The van der Waals surface area contributed by atoms with E-state index in [0.717, 1.165) is 24.7 Å². The number of aliphatic hydroxyl groups is 1. The van der Waals surface area contributed by atoms with Gasteiger partial charge in [-0.05, 0) is 63.2 Å². The Bertz CT molecular complexity index is 201. The largest absolute Gasteiger partial charge is 0.393 e. The molecule has 1 nitrogen and oxygen atoms in total. The number of rotatable bonds is 3. The standard InChI is InChI=1S/C14H24O/c15-14-10-8-13(9-11-14)7-6-12-4-2-1-3-5-12/h1-2,12-15H,3-11H2. The summed E-state index contributed by atoms with van der Waals surface area (Å²) in [6.07, 6.45) is 16.2. The molecule has 2 rings (SSSR count). The minimum atomic E-state index is 0.0128. The zero-order valence-corrected chi connectivity index (χ0v) is 9.70. The third-order valence-corrected chi connectivity index (χ3v) is 4.18. The van der Waals surface area contributed by atoms with Gasteiger partial charge in [-0.1, -0.05) is 18.6 Å². The summed E-state index contributed by atoms with van der Waals surface area (Å²) in [5.74, 6) is 1.88. The van der Waals surface area contributed by atoms with Crippen molar-refractivity contribution in [1.82, 2.24) is 0 Å². The SMILES string of the molecule is OC1CCC(CCC2CC=CCC2)CC1. The Hall–Kier alpha value is -0.300. The summed E-state index contributed by atoms with van der Waals surface area (Å²) in [6.45, 7) is 0. The molecule has 1 fully saturated rings. The maximum absolute atomic E-state index is 9.43. The van der Waals surface area contributed by atoms with Crippen molar-refractivity contribution in [3.8, 4) is 0 Å². The summed E-state index contributed by atoms with van der Waals surface area (Å²) in [5.41, 5.74) is 0. The molecule has 1 atom stereocenters. The van der Waals surface area contributed by atoms with Crippen molar-refractivity contribution in [3.05, 3.63) is 12.2 Å². The maximum atomic E-state index is 9.43. The third-order valence-electron chi connectivity index (χ3n) is 4.18. The molecule has 2 aliphatic rings. The average Bonchev–Trinajstić information content (AvgIpc) is 2.30. The fourth-order valence-electron chi connectivity index (χ4n) is 3.02. The van der Waals surface area contributed by atoms with Crippen molar-refractivity contribution < 1.29 is 5.11 Å². The molecule has 0 heterocycles. The molecular formula is C14H24O. The highest BCUT2D eigenvalue weighted by molar-refractivity contribution is 4.90. The lowest BCUT2D eigenvalue weighted by Crippen LogP contribution is -2.18. The van der Waals surface area contributed by atoms with Crippen LogP contribution in [0.15, 0.2) is 12.2 Å². The van der Waals surface area contributed by atoms with Gasteiger partial charge in [-0.2, -0.15) is 0 Å². The predicted molar refractivity (Wildman–Crippen MR) is 63.7 cm³/mol. The first-order valence-corrected chi connectivity index (χ1v) is 6.67. The van der Waals surface area contributed by atoms with E-state index in [0.29, 0.717) is 0 Å². The quantitative estimate of drug-likeness (QED) is 0.702. The van der Waals surface area contributed by atoms with Gasteiger partial charge < -0.3 is 5.11 Å². The average molecular weight is 208 g/mol. The van der Waals surface area contributed by atoms with E-state index in [-0.39, 0.29) is 6.10 Å². The van der Waals surface area contributed by atoms with Gasteiger partial charge in [0.05, 0.1) is 6.10 Å². The van der Waals surface area contributed by atoms with Gasteiger partial charge in [0.1, 0.15) is 0 Å². The van der Waals surface area contributed by atoms with Crippen LogP contribution < -0.4 is 0 Å². The lowest BCUT2D eigenvalue weighted by molar-refractivity contribution is 0.104. The molecule has 1 saturated carbocycles. The Morgan fingerprint density at radius 2 is 1.60 bits per heavy atom. The van der Waals surface area contributed by atoms with Gasteiger partial charge in [-0.3, -0.25) is 0 Å². The summed E-state index contributed by atoms with van der Waals surface area (Å²) in [4.78, 5) is 0. The maximum Gasteiger partial charge on any atom is 0.0540 e. The van der Waals surface area contributed by atoms with Crippen LogP contribution in [0.4, 0.5) is 0 Å². The minimum Gasteiger partial charge on any atom is -0.393 e. The van der Waals surface area contributed by atoms with E-state index in [4.69, 9.17) is 0 Å². The van der Waals surface area contributed by atoms with Crippen LogP contribution in [0.1, 0.15) is 57.8 Å². The van der Waals surface area contributed by atoms with Gasteiger partial charge in [-0.15, -0.1) is 0 Å². The van der Waals surface area contributed by atoms with Crippen molar-refractivity contribution in [2.24, 2.45) is 11.8 Å². The van der Waals surface area contributed by atoms with Crippen LogP contribution in [0.3, 0.4) is 0 Å². The van der Waals surface area contributed by atoms with E-state index in [2.05, 4.69) is 12.2 Å². The molecule has 0 aromatic rings. The number of hydrogen-bond donors (Lipinski definition) is 1. The van der Waals surface area contributed by atoms with Gasteiger partial charge in [0.15, 0.2) is 0 Å². The Morgan fingerprint density at radius 1 is 0.867 bits per heavy atom. The molecule has 0 aromatic heterocycles. The van der Waals surface area contributed by atoms with Gasteiger partial charge in [-0.25, -0.2) is 0 Å². The monoisotopic (exact) mass is 208 g/mol. The fourth-order valence-corrected chi connectivity index (χ4v) is 3.02. The molecule has 0 saturated heterocycles. The molecule has 1 N–H and O–H groups in total. The minimum absolute atomic E-state index is 0.0128. The Morgan fingerprint density at radius 3 is 2.27 bits per heavy atom. The normalized spacial score (nSPS) is 36.7.